The maximum atomic E-state index is 12.9. The van der Waals surface area contributed by atoms with Crippen molar-refractivity contribution in [2.24, 2.45) is 5.73 Å². The lowest BCUT2D eigenvalue weighted by Gasteiger charge is -2.17. The highest BCUT2D eigenvalue weighted by Gasteiger charge is 2.29. The Morgan fingerprint density at radius 3 is 2.50 bits per heavy atom. The molecule has 1 atom stereocenters. The first kappa shape index (κ1) is 24.4. The van der Waals surface area contributed by atoms with Crippen molar-refractivity contribution in [1.82, 2.24) is 8.87 Å². The van der Waals surface area contributed by atoms with Gasteiger partial charge in [0.2, 0.25) is 15.8 Å². The summed E-state index contributed by atoms with van der Waals surface area (Å²) in [5.74, 6) is -0.985. The molecule has 1 aromatic carbocycles. The Balaban J connectivity index is 1.50. The monoisotopic (exact) mass is 489 g/mol. The summed E-state index contributed by atoms with van der Waals surface area (Å²) in [5, 5.41) is 0. The van der Waals surface area contributed by atoms with E-state index in [0.717, 1.165) is 43.7 Å². The number of primary amides is 1. The molecule has 0 unspecified atom stereocenters. The molecule has 2 aliphatic heterocycles. The third-order valence-electron chi connectivity index (χ3n) is 6.56. The van der Waals surface area contributed by atoms with E-state index in [0.29, 0.717) is 25.2 Å². The molecular weight excluding hydrogens is 458 g/mol. The zero-order valence-corrected chi connectivity index (χ0v) is 20.4. The molecular formula is C24H31N3O6S. The predicted molar refractivity (Wildman–Crippen MR) is 126 cm³/mol. The van der Waals surface area contributed by atoms with E-state index < -0.39 is 15.9 Å². The Kier molecular flexibility index (Phi) is 7.11. The van der Waals surface area contributed by atoms with Crippen LogP contribution in [-0.2, 0) is 21.3 Å². The lowest BCUT2D eigenvalue weighted by atomic mass is 10.1. The van der Waals surface area contributed by atoms with Crippen LogP contribution in [0.15, 0.2) is 29.2 Å². The van der Waals surface area contributed by atoms with Gasteiger partial charge in [0, 0.05) is 43.2 Å². The van der Waals surface area contributed by atoms with Crippen molar-refractivity contribution in [3.05, 3.63) is 46.8 Å². The number of rotatable bonds is 9. The topological polar surface area (TPSA) is 121 Å². The quantitative estimate of drug-likeness (QED) is 0.540. The highest BCUT2D eigenvalue weighted by atomic mass is 32.2. The van der Waals surface area contributed by atoms with E-state index in [4.69, 9.17) is 15.2 Å². The number of aromatic nitrogens is 1. The summed E-state index contributed by atoms with van der Waals surface area (Å²) < 4.78 is 40.5. The number of ether oxygens (including phenoxy) is 2. The van der Waals surface area contributed by atoms with Crippen molar-refractivity contribution >= 4 is 21.7 Å². The van der Waals surface area contributed by atoms with Crippen LogP contribution < -0.4 is 10.5 Å². The normalized spacial score (nSPS) is 18.9. The molecule has 1 aromatic heterocycles. The molecule has 0 saturated carbocycles. The highest BCUT2D eigenvalue weighted by molar-refractivity contribution is 7.89. The van der Waals surface area contributed by atoms with Crippen LogP contribution in [0, 0.1) is 13.8 Å². The number of carbonyl (C=O) groups excluding carboxylic acids is 2. The van der Waals surface area contributed by atoms with E-state index in [1.54, 1.807) is 0 Å². The van der Waals surface area contributed by atoms with Crippen molar-refractivity contribution in [3.63, 3.8) is 0 Å². The SMILES string of the molecule is Cc1cc(C(=O)COc2ccc(S(=O)(=O)N3CCCC3)cc2C(N)=O)c(C)n1C[C@H]1CCCO1. The highest BCUT2D eigenvalue weighted by Crippen LogP contribution is 2.27. The van der Waals surface area contributed by atoms with Crippen LogP contribution in [0.1, 0.15) is 57.8 Å². The lowest BCUT2D eigenvalue weighted by molar-refractivity contribution is 0.0907. The fourth-order valence-electron chi connectivity index (χ4n) is 4.64. The number of nitrogens with two attached hydrogens (primary N) is 1. The Bertz CT molecular complexity index is 1190. The second kappa shape index (κ2) is 9.89. The zero-order valence-electron chi connectivity index (χ0n) is 19.6. The number of ketones is 1. The molecule has 2 saturated heterocycles. The largest absolute Gasteiger partial charge is 0.485 e. The number of sulfonamides is 1. The molecule has 184 valence electrons. The molecule has 2 aromatic rings. The molecule has 0 bridgehead atoms. The van der Waals surface area contributed by atoms with E-state index in [-0.39, 0.29) is 34.7 Å². The van der Waals surface area contributed by atoms with Gasteiger partial charge in [-0.3, -0.25) is 9.59 Å². The van der Waals surface area contributed by atoms with E-state index in [9.17, 15) is 18.0 Å². The Morgan fingerprint density at radius 1 is 1.12 bits per heavy atom. The van der Waals surface area contributed by atoms with Crippen molar-refractivity contribution in [2.75, 3.05) is 26.3 Å². The van der Waals surface area contributed by atoms with Crippen molar-refractivity contribution in [3.8, 4) is 5.75 Å². The van der Waals surface area contributed by atoms with Gasteiger partial charge in [0.15, 0.2) is 6.61 Å². The summed E-state index contributed by atoms with van der Waals surface area (Å²) in [5.41, 5.74) is 7.77. The van der Waals surface area contributed by atoms with Crippen LogP contribution in [0.2, 0.25) is 0 Å². The van der Waals surface area contributed by atoms with Gasteiger partial charge in [0.05, 0.1) is 16.6 Å². The molecule has 2 fully saturated rings. The van der Waals surface area contributed by atoms with Crippen LogP contribution in [-0.4, -0.2) is 61.4 Å². The minimum absolute atomic E-state index is 0.0143. The number of hydrogen-bond acceptors (Lipinski definition) is 6. The fraction of sp³-hybridized carbons (Fsp3) is 0.500. The van der Waals surface area contributed by atoms with E-state index in [1.807, 2.05) is 19.9 Å². The van der Waals surface area contributed by atoms with E-state index in [2.05, 4.69) is 4.57 Å². The molecule has 1 amide bonds. The first-order chi connectivity index (χ1) is 16.2. The van der Waals surface area contributed by atoms with Gasteiger partial charge in [-0.2, -0.15) is 4.31 Å². The lowest BCUT2D eigenvalue weighted by Crippen LogP contribution is -2.28. The summed E-state index contributed by atoms with van der Waals surface area (Å²) in [6.07, 6.45) is 3.81. The standard InChI is InChI=1S/C24H31N3O6S/c1-16-12-20(17(2)27(16)14-18-6-5-11-32-18)22(28)15-33-23-8-7-19(13-21(23)24(25)29)34(30,31)26-9-3-4-10-26/h7-8,12-13,18H,3-6,9-11,14-15H2,1-2H3,(H2,25,29)/t18-/m1/s1. The first-order valence-electron chi connectivity index (χ1n) is 11.6. The summed E-state index contributed by atoms with van der Waals surface area (Å²) in [7, 11) is -3.71. The first-order valence-corrected chi connectivity index (χ1v) is 13.0. The maximum absolute atomic E-state index is 12.9. The zero-order chi connectivity index (χ0) is 24.5. The van der Waals surface area contributed by atoms with E-state index >= 15 is 0 Å². The summed E-state index contributed by atoms with van der Waals surface area (Å²) in [6.45, 7) is 5.90. The second-order valence-electron chi connectivity index (χ2n) is 8.88. The predicted octanol–water partition coefficient (Wildman–Crippen LogP) is 2.43. The number of nitrogens with zero attached hydrogens (tertiary/aromatic N) is 2. The average Bonchev–Trinajstić information content (AvgIpc) is 3.57. The van der Waals surface area contributed by atoms with Gasteiger partial charge in [-0.25, -0.2) is 8.42 Å². The molecule has 2 aliphatic rings. The van der Waals surface area contributed by atoms with Crippen molar-refractivity contribution in [2.45, 2.75) is 57.1 Å². The average molecular weight is 490 g/mol. The molecule has 3 heterocycles. The van der Waals surface area contributed by atoms with Gasteiger partial charge in [-0.15, -0.1) is 0 Å². The number of Topliss-reactive ketones (excluding diaryl/α,β-unsaturated/α-hetero) is 1. The second-order valence-corrected chi connectivity index (χ2v) is 10.8. The number of carbonyl (C=O) groups is 2. The molecule has 10 heteroatoms. The van der Waals surface area contributed by atoms with Crippen LogP contribution in [0.3, 0.4) is 0 Å². The number of benzene rings is 1. The fourth-order valence-corrected chi connectivity index (χ4v) is 6.19. The summed E-state index contributed by atoms with van der Waals surface area (Å²) in [4.78, 5) is 25.0. The van der Waals surface area contributed by atoms with Gasteiger partial charge in [-0.1, -0.05) is 0 Å². The molecule has 0 radical (unpaired) electrons. The molecule has 0 aliphatic carbocycles. The van der Waals surface area contributed by atoms with Gasteiger partial charge < -0.3 is 19.8 Å². The Morgan fingerprint density at radius 2 is 1.85 bits per heavy atom. The molecule has 2 N–H and O–H groups in total. The van der Waals surface area contributed by atoms with Crippen LogP contribution in [0.5, 0.6) is 5.75 Å². The maximum Gasteiger partial charge on any atom is 0.252 e. The van der Waals surface area contributed by atoms with Gasteiger partial charge in [0.1, 0.15) is 5.75 Å². The smallest absolute Gasteiger partial charge is 0.252 e. The minimum atomic E-state index is -3.71. The molecule has 0 spiro atoms. The molecule has 4 rings (SSSR count). The number of hydrogen-bond donors (Lipinski definition) is 1. The van der Waals surface area contributed by atoms with Crippen molar-refractivity contribution < 1.29 is 27.5 Å². The third kappa shape index (κ3) is 4.89. The molecule has 34 heavy (non-hydrogen) atoms. The van der Waals surface area contributed by atoms with Crippen LogP contribution >= 0.6 is 0 Å². The van der Waals surface area contributed by atoms with Gasteiger partial charge in [0.25, 0.3) is 5.91 Å². The molecule has 9 nitrogen and oxygen atoms in total. The third-order valence-corrected chi connectivity index (χ3v) is 8.46. The Labute approximate surface area is 199 Å². The summed E-state index contributed by atoms with van der Waals surface area (Å²) >= 11 is 0. The minimum Gasteiger partial charge on any atom is -0.485 e. The van der Waals surface area contributed by atoms with Gasteiger partial charge >= 0.3 is 0 Å². The van der Waals surface area contributed by atoms with Crippen molar-refractivity contribution in [1.29, 1.82) is 0 Å². The summed E-state index contributed by atoms with van der Waals surface area (Å²) in [6, 6.07) is 5.82. The Hall–Kier alpha value is -2.69. The van der Waals surface area contributed by atoms with Crippen LogP contribution in [0.25, 0.3) is 0 Å². The number of amides is 1. The van der Waals surface area contributed by atoms with E-state index in [1.165, 1.54) is 22.5 Å². The number of aryl methyl sites for hydroxylation is 1. The van der Waals surface area contributed by atoms with Crippen LogP contribution in [0.4, 0.5) is 0 Å². The van der Waals surface area contributed by atoms with Gasteiger partial charge in [-0.05, 0) is 63.8 Å².